The van der Waals surface area contributed by atoms with Crippen molar-refractivity contribution in [1.82, 2.24) is 4.98 Å². The zero-order chi connectivity index (χ0) is 11.9. The standard InChI is InChI=1S/C11H13IN2O2/c1-11(2,3)14-7-4-5-8(12)13-10(7)16-6-9(14)15/h4-5H,6H2,1-3H3. The molecule has 0 spiro atoms. The summed E-state index contributed by atoms with van der Waals surface area (Å²) in [6.45, 7) is 6.06. The summed E-state index contributed by atoms with van der Waals surface area (Å²) in [5.41, 5.74) is 0.494. The van der Waals surface area contributed by atoms with Crippen LogP contribution < -0.4 is 9.64 Å². The summed E-state index contributed by atoms with van der Waals surface area (Å²) in [5.74, 6) is 0.518. The predicted octanol–water partition coefficient (Wildman–Crippen LogP) is 2.21. The molecular weight excluding hydrogens is 319 g/mol. The molecule has 0 radical (unpaired) electrons. The molecule has 2 heterocycles. The maximum Gasteiger partial charge on any atom is 0.265 e. The minimum absolute atomic E-state index is 0.0250. The number of carbonyl (C=O) groups is 1. The van der Waals surface area contributed by atoms with Gasteiger partial charge in [0.2, 0.25) is 5.88 Å². The second kappa shape index (κ2) is 3.87. The maximum absolute atomic E-state index is 11.9. The quantitative estimate of drug-likeness (QED) is 0.540. The number of hydrogen-bond donors (Lipinski definition) is 0. The molecule has 0 bridgehead atoms. The normalized spacial score (nSPS) is 15.8. The lowest BCUT2D eigenvalue weighted by Crippen LogP contribution is -2.50. The number of pyridine rings is 1. The fraction of sp³-hybridized carbons (Fsp3) is 0.455. The molecule has 0 aliphatic carbocycles. The van der Waals surface area contributed by atoms with Crippen molar-refractivity contribution < 1.29 is 9.53 Å². The van der Waals surface area contributed by atoms with E-state index in [4.69, 9.17) is 4.74 Å². The number of carbonyl (C=O) groups excluding carboxylic acids is 1. The van der Waals surface area contributed by atoms with Gasteiger partial charge in [0.1, 0.15) is 9.39 Å². The van der Waals surface area contributed by atoms with Crippen LogP contribution in [-0.2, 0) is 4.79 Å². The maximum atomic E-state index is 11.9. The molecule has 0 aromatic carbocycles. The first kappa shape index (κ1) is 11.6. The largest absolute Gasteiger partial charge is 0.466 e. The number of fused-ring (bicyclic) bond motifs is 1. The summed E-state index contributed by atoms with van der Waals surface area (Å²) < 4.78 is 6.20. The van der Waals surface area contributed by atoms with Gasteiger partial charge in [-0.05, 0) is 55.5 Å². The first-order valence-electron chi connectivity index (χ1n) is 5.02. The SMILES string of the molecule is CC(C)(C)N1C(=O)COc2nc(I)ccc21. The van der Waals surface area contributed by atoms with Crippen LogP contribution in [0.1, 0.15) is 20.8 Å². The van der Waals surface area contributed by atoms with E-state index in [-0.39, 0.29) is 18.1 Å². The highest BCUT2D eigenvalue weighted by atomic mass is 127. The van der Waals surface area contributed by atoms with E-state index in [1.165, 1.54) is 0 Å². The Labute approximate surface area is 108 Å². The molecule has 0 unspecified atom stereocenters. The van der Waals surface area contributed by atoms with Crippen molar-refractivity contribution >= 4 is 34.2 Å². The lowest BCUT2D eigenvalue weighted by atomic mass is 10.0. The van der Waals surface area contributed by atoms with Crippen molar-refractivity contribution in [3.05, 3.63) is 15.8 Å². The molecule has 1 aromatic heterocycles. The van der Waals surface area contributed by atoms with Crippen molar-refractivity contribution in [2.75, 3.05) is 11.5 Å². The lowest BCUT2D eigenvalue weighted by Gasteiger charge is -2.38. The molecule has 0 N–H and O–H groups in total. The minimum atomic E-state index is -0.260. The molecule has 1 aliphatic rings. The molecule has 5 heteroatoms. The average molecular weight is 332 g/mol. The van der Waals surface area contributed by atoms with Crippen LogP contribution in [0.5, 0.6) is 5.88 Å². The van der Waals surface area contributed by atoms with Gasteiger partial charge in [-0.2, -0.15) is 0 Å². The second-order valence-corrected chi connectivity index (χ2v) is 5.75. The molecule has 1 aliphatic heterocycles. The zero-order valence-electron chi connectivity index (χ0n) is 9.45. The molecular formula is C11H13IN2O2. The Kier molecular flexibility index (Phi) is 2.81. The van der Waals surface area contributed by atoms with Crippen LogP contribution in [0.3, 0.4) is 0 Å². The summed E-state index contributed by atoms with van der Waals surface area (Å²) in [6, 6.07) is 3.76. The van der Waals surface area contributed by atoms with Gasteiger partial charge >= 0.3 is 0 Å². The van der Waals surface area contributed by atoms with E-state index in [9.17, 15) is 4.79 Å². The molecule has 4 nitrogen and oxygen atoms in total. The Hall–Kier alpha value is -0.850. The monoisotopic (exact) mass is 332 g/mol. The second-order valence-electron chi connectivity index (χ2n) is 4.65. The van der Waals surface area contributed by atoms with E-state index in [2.05, 4.69) is 27.6 Å². The molecule has 1 amide bonds. The van der Waals surface area contributed by atoms with E-state index >= 15 is 0 Å². The van der Waals surface area contributed by atoms with Gasteiger partial charge in [0.15, 0.2) is 6.61 Å². The van der Waals surface area contributed by atoms with Crippen LogP contribution in [0.15, 0.2) is 12.1 Å². The topological polar surface area (TPSA) is 42.4 Å². The lowest BCUT2D eigenvalue weighted by molar-refractivity contribution is -0.122. The van der Waals surface area contributed by atoms with E-state index in [0.29, 0.717) is 5.88 Å². The Morgan fingerprint density at radius 2 is 2.12 bits per heavy atom. The average Bonchev–Trinajstić information content (AvgIpc) is 2.16. The summed E-state index contributed by atoms with van der Waals surface area (Å²) >= 11 is 2.12. The van der Waals surface area contributed by atoms with Crippen molar-refractivity contribution in [3.63, 3.8) is 0 Å². The van der Waals surface area contributed by atoms with Crippen LogP contribution in [0, 0.1) is 3.70 Å². The van der Waals surface area contributed by atoms with Gasteiger partial charge in [0, 0.05) is 5.54 Å². The number of aromatic nitrogens is 1. The molecule has 0 fully saturated rings. The van der Waals surface area contributed by atoms with Crippen LogP contribution in [0.4, 0.5) is 5.69 Å². The molecule has 1 aromatic rings. The molecule has 16 heavy (non-hydrogen) atoms. The third-order valence-electron chi connectivity index (χ3n) is 2.30. The van der Waals surface area contributed by atoms with Crippen LogP contribution >= 0.6 is 22.6 Å². The van der Waals surface area contributed by atoms with Gasteiger partial charge in [-0.1, -0.05) is 0 Å². The van der Waals surface area contributed by atoms with E-state index in [1.54, 1.807) is 4.90 Å². The summed E-state index contributed by atoms with van der Waals surface area (Å²) in [7, 11) is 0. The van der Waals surface area contributed by atoms with Gasteiger partial charge in [-0.25, -0.2) is 4.98 Å². The fourth-order valence-corrected chi connectivity index (χ4v) is 2.15. The Morgan fingerprint density at radius 1 is 1.44 bits per heavy atom. The molecule has 86 valence electrons. The molecule has 0 saturated heterocycles. The number of anilines is 1. The van der Waals surface area contributed by atoms with Crippen LogP contribution in [-0.4, -0.2) is 23.0 Å². The van der Waals surface area contributed by atoms with Crippen molar-refractivity contribution in [2.24, 2.45) is 0 Å². The van der Waals surface area contributed by atoms with Crippen LogP contribution in [0.2, 0.25) is 0 Å². The third-order valence-corrected chi connectivity index (χ3v) is 2.90. The van der Waals surface area contributed by atoms with Gasteiger partial charge in [-0.15, -0.1) is 0 Å². The van der Waals surface area contributed by atoms with Crippen LogP contribution in [0.25, 0.3) is 0 Å². The Bertz CT molecular complexity index is 440. The summed E-state index contributed by atoms with van der Waals surface area (Å²) in [5, 5.41) is 0. The molecule has 0 saturated carbocycles. The van der Waals surface area contributed by atoms with Gasteiger partial charge in [-0.3, -0.25) is 9.69 Å². The van der Waals surface area contributed by atoms with Crippen molar-refractivity contribution in [3.8, 4) is 5.88 Å². The Morgan fingerprint density at radius 3 is 2.75 bits per heavy atom. The summed E-state index contributed by atoms with van der Waals surface area (Å²) in [4.78, 5) is 17.9. The fourth-order valence-electron chi connectivity index (χ4n) is 1.75. The molecule has 0 atom stereocenters. The third kappa shape index (κ3) is 2.00. The van der Waals surface area contributed by atoms with E-state index in [0.717, 1.165) is 9.39 Å². The number of nitrogens with zero attached hydrogens (tertiary/aromatic N) is 2. The van der Waals surface area contributed by atoms with E-state index < -0.39 is 0 Å². The van der Waals surface area contributed by atoms with E-state index in [1.807, 2.05) is 32.9 Å². The smallest absolute Gasteiger partial charge is 0.265 e. The van der Waals surface area contributed by atoms with Crippen molar-refractivity contribution in [2.45, 2.75) is 26.3 Å². The van der Waals surface area contributed by atoms with Gasteiger partial charge in [0.25, 0.3) is 5.91 Å². The summed E-state index contributed by atoms with van der Waals surface area (Å²) in [6.07, 6.45) is 0. The number of rotatable bonds is 0. The van der Waals surface area contributed by atoms with Crippen molar-refractivity contribution in [1.29, 1.82) is 0 Å². The van der Waals surface area contributed by atoms with Gasteiger partial charge < -0.3 is 4.74 Å². The predicted molar refractivity (Wildman–Crippen MR) is 69.7 cm³/mol. The number of halogens is 1. The Balaban J connectivity index is 2.53. The highest BCUT2D eigenvalue weighted by Gasteiger charge is 2.34. The number of hydrogen-bond acceptors (Lipinski definition) is 3. The molecule has 2 rings (SSSR count). The first-order valence-corrected chi connectivity index (χ1v) is 6.10. The highest BCUT2D eigenvalue weighted by molar-refractivity contribution is 14.1. The number of amides is 1. The highest BCUT2D eigenvalue weighted by Crippen LogP contribution is 2.35. The minimum Gasteiger partial charge on any atom is -0.466 e. The van der Waals surface area contributed by atoms with Gasteiger partial charge in [0.05, 0.1) is 0 Å². The zero-order valence-corrected chi connectivity index (χ0v) is 11.6. The number of ether oxygens (including phenoxy) is 1. The first-order chi connectivity index (χ1) is 7.39.